The molecular weight excluding hydrogens is 484 g/mol. The van der Waals surface area contributed by atoms with Crippen LogP contribution in [0.15, 0.2) is 77.3 Å². The van der Waals surface area contributed by atoms with Gasteiger partial charge in [0.15, 0.2) is 0 Å². The highest BCUT2D eigenvalue weighted by Gasteiger charge is 2.10. The fraction of sp³-hybridized carbons (Fsp3) is 0.455. The molecule has 0 aliphatic heterocycles. The molecule has 3 N–H and O–H groups in total. The van der Waals surface area contributed by atoms with Crippen molar-refractivity contribution in [3.8, 4) is 5.75 Å². The molecule has 0 saturated carbocycles. The lowest BCUT2D eigenvalue weighted by Gasteiger charge is -2.12. The Hall–Kier alpha value is -3.54. The number of ether oxygens (including phenoxy) is 1. The third-order valence-corrected chi connectivity index (χ3v) is 6.11. The first kappa shape index (κ1) is 33.5. The molecule has 214 valence electrons. The van der Waals surface area contributed by atoms with Gasteiger partial charge in [-0.2, -0.15) is 0 Å². The number of imidazole rings is 1. The first-order valence-electron chi connectivity index (χ1n) is 13.9. The first-order chi connectivity index (χ1) is 18.7. The number of carbonyl (C=O) groups is 1. The molecule has 1 aromatic carbocycles. The second-order valence-electron chi connectivity index (χ2n) is 10.2. The van der Waals surface area contributed by atoms with Crippen LogP contribution < -0.4 is 15.4 Å². The summed E-state index contributed by atoms with van der Waals surface area (Å²) in [6.07, 6.45) is 17.5. The molecule has 2 rings (SSSR count). The highest BCUT2D eigenvalue weighted by Crippen LogP contribution is 2.25. The predicted octanol–water partition coefficient (Wildman–Crippen LogP) is 8.19. The number of aromatic nitrogens is 2. The van der Waals surface area contributed by atoms with E-state index in [9.17, 15) is 4.79 Å². The minimum atomic E-state index is -0.108. The Morgan fingerprint density at radius 1 is 0.974 bits per heavy atom. The summed E-state index contributed by atoms with van der Waals surface area (Å²) < 4.78 is 5.43. The summed E-state index contributed by atoms with van der Waals surface area (Å²) in [4.78, 5) is 19.5. The van der Waals surface area contributed by atoms with Crippen molar-refractivity contribution in [1.82, 2.24) is 15.3 Å². The molecule has 0 atom stereocenters. The van der Waals surface area contributed by atoms with E-state index in [4.69, 9.17) is 4.74 Å². The van der Waals surface area contributed by atoms with Crippen LogP contribution >= 0.6 is 0 Å². The van der Waals surface area contributed by atoms with E-state index in [0.29, 0.717) is 25.1 Å². The topological polar surface area (TPSA) is 79.0 Å². The molecule has 1 aromatic heterocycles. The van der Waals surface area contributed by atoms with Crippen LogP contribution in [-0.4, -0.2) is 36.1 Å². The Labute approximate surface area is 236 Å². The number of anilines is 1. The fourth-order valence-electron chi connectivity index (χ4n) is 3.58. The monoisotopic (exact) mass is 534 g/mol. The van der Waals surface area contributed by atoms with Crippen LogP contribution in [0.5, 0.6) is 5.75 Å². The van der Waals surface area contributed by atoms with Crippen molar-refractivity contribution in [2.75, 3.05) is 25.5 Å². The van der Waals surface area contributed by atoms with Gasteiger partial charge in [0.25, 0.3) is 5.91 Å². The van der Waals surface area contributed by atoms with E-state index in [2.05, 4.69) is 93.4 Å². The summed E-state index contributed by atoms with van der Waals surface area (Å²) >= 11 is 0. The Balaban J connectivity index is 0.000000646. The number of methoxy groups -OCH3 is 1. The van der Waals surface area contributed by atoms with Crippen LogP contribution in [0, 0.1) is 0 Å². The maximum absolute atomic E-state index is 12.5. The number of nitrogens with zero attached hydrogens (tertiary/aromatic N) is 1. The molecular formula is C33H50N4O2. The number of amides is 1. The molecule has 0 bridgehead atoms. The number of aromatic amines is 1. The molecule has 0 radical (unpaired) electrons. The van der Waals surface area contributed by atoms with Gasteiger partial charge in [-0.1, -0.05) is 46.6 Å². The van der Waals surface area contributed by atoms with E-state index in [1.165, 1.54) is 35.1 Å². The second kappa shape index (κ2) is 19.5. The van der Waals surface area contributed by atoms with Crippen LogP contribution in [0.4, 0.5) is 5.69 Å². The quantitative estimate of drug-likeness (QED) is 0.213. The summed E-state index contributed by atoms with van der Waals surface area (Å²) in [6.45, 7) is 16.2. The lowest BCUT2D eigenvalue weighted by atomic mass is 10.1. The maximum Gasteiger partial charge on any atom is 0.251 e. The molecule has 0 aliphatic carbocycles. The molecule has 2 aromatic rings. The van der Waals surface area contributed by atoms with Crippen molar-refractivity contribution >= 4 is 11.6 Å². The predicted molar refractivity (Wildman–Crippen MR) is 167 cm³/mol. The van der Waals surface area contributed by atoms with Gasteiger partial charge in [-0.3, -0.25) is 4.79 Å². The van der Waals surface area contributed by atoms with E-state index in [0.717, 1.165) is 30.0 Å². The third kappa shape index (κ3) is 15.5. The van der Waals surface area contributed by atoms with Gasteiger partial charge in [-0.05, 0) is 92.3 Å². The highest BCUT2D eigenvalue weighted by atomic mass is 16.5. The van der Waals surface area contributed by atoms with Gasteiger partial charge in [0.2, 0.25) is 0 Å². The van der Waals surface area contributed by atoms with Gasteiger partial charge in [-0.15, -0.1) is 0 Å². The molecule has 6 nitrogen and oxygen atoms in total. The molecule has 1 amide bonds. The van der Waals surface area contributed by atoms with Crippen molar-refractivity contribution in [3.05, 3.63) is 88.6 Å². The smallest absolute Gasteiger partial charge is 0.251 e. The normalized spacial score (nSPS) is 11.2. The molecule has 39 heavy (non-hydrogen) atoms. The Bertz CT molecular complexity index is 1100. The van der Waals surface area contributed by atoms with E-state index in [1.807, 2.05) is 12.1 Å². The van der Waals surface area contributed by atoms with E-state index in [-0.39, 0.29) is 5.91 Å². The van der Waals surface area contributed by atoms with Crippen molar-refractivity contribution in [2.45, 2.75) is 80.6 Å². The number of carbonyl (C=O) groups excluding carboxylic acids is 1. The van der Waals surface area contributed by atoms with Gasteiger partial charge >= 0.3 is 0 Å². The van der Waals surface area contributed by atoms with Gasteiger partial charge in [-0.25, -0.2) is 4.98 Å². The zero-order chi connectivity index (χ0) is 29.0. The van der Waals surface area contributed by atoms with E-state index < -0.39 is 0 Å². The van der Waals surface area contributed by atoms with Crippen molar-refractivity contribution in [2.24, 2.45) is 0 Å². The number of nitrogens with one attached hydrogen (secondary N) is 3. The van der Waals surface area contributed by atoms with Crippen molar-refractivity contribution < 1.29 is 9.53 Å². The highest BCUT2D eigenvalue weighted by molar-refractivity contribution is 5.95. The van der Waals surface area contributed by atoms with Crippen LogP contribution in [0.25, 0.3) is 0 Å². The minimum absolute atomic E-state index is 0.108. The van der Waals surface area contributed by atoms with E-state index >= 15 is 0 Å². The summed E-state index contributed by atoms with van der Waals surface area (Å²) in [5, 5.41) is 6.29. The minimum Gasteiger partial charge on any atom is -0.495 e. The number of hydrogen-bond donors (Lipinski definition) is 3. The average Bonchev–Trinajstić information content (AvgIpc) is 3.42. The zero-order valence-corrected chi connectivity index (χ0v) is 25.4. The summed E-state index contributed by atoms with van der Waals surface area (Å²) in [6, 6.07) is 5.42. The zero-order valence-electron chi connectivity index (χ0n) is 25.4. The van der Waals surface area contributed by atoms with Crippen LogP contribution in [-0.2, 0) is 6.42 Å². The largest absolute Gasteiger partial charge is 0.495 e. The Morgan fingerprint density at radius 2 is 1.64 bits per heavy atom. The molecule has 6 heteroatoms. The van der Waals surface area contributed by atoms with Gasteiger partial charge in [0, 0.05) is 37.0 Å². The number of rotatable bonds is 14. The standard InChI is InChI=1S/C23H32N4O2.C10H18/c1-17(2)6-5-7-18(3)10-12-25-21-14-19(8-9-22(21)29-4)23(28)26-13-11-20-15-24-16-27-20;1-5-10(4)8-6-7-9(2)3/h6,8-10,14-16,25H,5,7,11-13H2,1-4H3,(H,24,27)(H,26,28);5,7H,6,8H2,1-4H3/b18-10+;10-5+. The van der Waals surface area contributed by atoms with E-state index in [1.54, 1.807) is 25.7 Å². The molecule has 0 unspecified atom stereocenters. The molecule has 1 heterocycles. The molecule has 0 saturated heterocycles. The second-order valence-corrected chi connectivity index (χ2v) is 10.2. The summed E-state index contributed by atoms with van der Waals surface area (Å²) in [7, 11) is 1.63. The average molecular weight is 535 g/mol. The summed E-state index contributed by atoms with van der Waals surface area (Å²) in [5.41, 5.74) is 7.99. The number of hydrogen-bond acceptors (Lipinski definition) is 4. The number of allylic oxidation sites excluding steroid dienone is 7. The first-order valence-corrected chi connectivity index (χ1v) is 13.9. The summed E-state index contributed by atoms with van der Waals surface area (Å²) in [5.74, 6) is 0.610. The number of H-pyrrole nitrogens is 1. The van der Waals surface area contributed by atoms with Gasteiger partial charge in [0.1, 0.15) is 5.75 Å². The Kier molecular flexibility index (Phi) is 16.8. The lowest BCUT2D eigenvalue weighted by molar-refractivity contribution is 0.0954. The van der Waals surface area contributed by atoms with Crippen LogP contribution in [0.1, 0.15) is 90.2 Å². The molecule has 0 spiro atoms. The van der Waals surface area contributed by atoms with Crippen LogP contribution in [0.2, 0.25) is 0 Å². The Morgan fingerprint density at radius 3 is 2.21 bits per heavy atom. The number of benzene rings is 1. The van der Waals surface area contributed by atoms with Crippen LogP contribution in [0.3, 0.4) is 0 Å². The van der Waals surface area contributed by atoms with Crippen molar-refractivity contribution in [1.29, 1.82) is 0 Å². The fourth-order valence-corrected chi connectivity index (χ4v) is 3.58. The molecule has 0 fully saturated rings. The van der Waals surface area contributed by atoms with Gasteiger partial charge < -0.3 is 20.4 Å². The lowest BCUT2D eigenvalue weighted by Crippen LogP contribution is -2.25. The SMILES string of the molecule is C/C=C(\C)CCC=C(C)C.COc1ccc(C(=O)NCCc2cnc[nH]2)cc1NC/C=C(\C)CCC=C(C)C. The third-order valence-electron chi connectivity index (χ3n) is 6.11. The maximum atomic E-state index is 12.5. The molecule has 0 aliphatic rings. The van der Waals surface area contributed by atoms with Gasteiger partial charge in [0.05, 0.1) is 19.1 Å². The van der Waals surface area contributed by atoms with Crippen molar-refractivity contribution in [3.63, 3.8) is 0 Å².